The van der Waals surface area contributed by atoms with Crippen molar-refractivity contribution in [2.75, 3.05) is 19.2 Å². The highest BCUT2D eigenvalue weighted by Gasteiger charge is 2.37. The first-order valence-electron chi connectivity index (χ1n) is 7.35. The summed E-state index contributed by atoms with van der Waals surface area (Å²) in [5, 5.41) is 0. The van der Waals surface area contributed by atoms with Gasteiger partial charge in [-0.25, -0.2) is 4.98 Å². The van der Waals surface area contributed by atoms with Crippen molar-refractivity contribution in [2.45, 2.75) is 37.0 Å². The van der Waals surface area contributed by atoms with Crippen molar-refractivity contribution < 1.29 is 4.74 Å². The molecule has 114 valence electrons. The summed E-state index contributed by atoms with van der Waals surface area (Å²) < 4.78 is 8.06. The van der Waals surface area contributed by atoms with Gasteiger partial charge >= 0.3 is 0 Å². The minimum absolute atomic E-state index is 0.384. The predicted molar refractivity (Wildman–Crippen MR) is 90.8 cm³/mol. The lowest BCUT2D eigenvalue weighted by atomic mass is 9.84. The molecule has 0 bridgehead atoms. The zero-order valence-electron chi connectivity index (χ0n) is 12.6. The number of nitrogens with zero attached hydrogens (tertiary/aromatic N) is 2. The molecule has 1 aliphatic carbocycles. The van der Waals surface area contributed by atoms with Gasteiger partial charge in [-0.15, -0.1) is 11.6 Å². The normalized spacial score (nSPS) is 16.9. The van der Waals surface area contributed by atoms with Crippen LogP contribution in [0.2, 0.25) is 0 Å². The number of halogens is 1. The van der Waals surface area contributed by atoms with Gasteiger partial charge in [0, 0.05) is 29.7 Å². The van der Waals surface area contributed by atoms with Crippen molar-refractivity contribution in [3.63, 3.8) is 0 Å². The number of thioether (sulfide) groups is 1. The second-order valence-electron chi connectivity index (χ2n) is 5.65. The van der Waals surface area contributed by atoms with Gasteiger partial charge in [0.05, 0.1) is 18.1 Å². The highest BCUT2D eigenvalue weighted by molar-refractivity contribution is 8.00. The van der Waals surface area contributed by atoms with Gasteiger partial charge in [0.15, 0.2) is 0 Å². The molecule has 0 amide bonds. The van der Waals surface area contributed by atoms with E-state index in [9.17, 15) is 0 Å². The summed E-state index contributed by atoms with van der Waals surface area (Å²) in [5.41, 5.74) is 2.20. The van der Waals surface area contributed by atoms with Crippen LogP contribution in [0.25, 0.3) is 11.0 Å². The maximum atomic E-state index is 5.96. The van der Waals surface area contributed by atoms with Crippen LogP contribution in [0.15, 0.2) is 18.2 Å². The standard InChI is InChI=1S/C16H21ClN2OS/c1-20-12-4-5-14-13(10-12)18-15(6-9-17)19(14)11-16(21-2)7-3-8-16/h4-5,10H,3,6-9,11H2,1-2H3. The zero-order valence-corrected chi connectivity index (χ0v) is 14.1. The van der Waals surface area contributed by atoms with Crippen molar-refractivity contribution >= 4 is 34.4 Å². The summed E-state index contributed by atoms with van der Waals surface area (Å²) in [6.45, 7) is 1.03. The summed E-state index contributed by atoms with van der Waals surface area (Å²) in [6.07, 6.45) is 6.96. The quantitative estimate of drug-likeness (QED) is 0.748. The average molecular weight is 325 g/mol. The molecule has 5 heteroatoms. The van der Waals surface area contributed by atoms with Crippen molar-refractivity contribution in [2.24, 2.45) is 0 Å². The third-order valence-electron chi connectivity index (χ3n) is 4.50. The molecule has 21 heavy (non-hydrogen) atoms. The Morgan fingerprint density at radius 2 is 2.24 bits per heavy atom. The number of fused-ring (bicyclic) bond motifs is 1. The van der Waals surface area contributed by atoms with Crippen LogP contribution >= 0.6 is 23.4 Å². The molecule has 3 nitrogen and oxygen atoms in total. The molecule has 3 rings (SSSR count). The van der Waals surface area contributed by atoms with E-state index in [1.165, 1.54) is 24.8 Å². The highest BCUT2D eigenvalue weighted by atomic mass is 35.5. The minimum atomic E-state index is 0.384. The lowest BCUT2D eigenvalue weighted by Crippen LogP contribution is -2.38. The molecule has 0 aliphatic heterocycles. The summed E-state index contributed by atoms with van der Waals surface area (Å²) >= 11 is 7.96. The number of hydrogen-bond acceptors (Lipinski definition) is 3. The van der Waals surface area contributed by atoms with Gasteiger partial charge < -0.3 is 9.30 Å². The molecule has 0 N–H and O–H groups in total. The van der Waals surface area contributed by atoms with Gasteiger partial charge in [-0.05, 0) is 31.2 Å². The predicted octanol–water partition coefficient (Wildman–Crippen LogP) is 4.11. The molecule has 0 saturated heterocycles. The van der Waals surface area contributed by atoms with Crippen molar-refractivity contribution in [1.82, 2.24) is 9.55 Å². The van der Waals surface area contributed by atoms with Crippen LogP contribution in [0.5, 0.6) is 5.75 Å². The molecule has 1 saturated carbocycles. The zero-order chi connectivity index (χ0) is 14.9. The fourth-order valence-electron chi connectivity index (χ4n) is 3.02. The van der Waals surface area contributed by atoms with Crippen LogP contribution < -0.4 is 4.74 Å². The second kappa shape index (κ2) is 6.09. The number of alkyl halides is 1. The lowest BCUT2D eigenvalue weighted by molar-refractivity contribution is 0.322. The Labute approximate surface area is 135 Å². The Balaban J connectivity index is 2.03. The largest absolute Gasteiger partial charge is 0.497 e. The molecular weight excluding hydrogens is 304 g/mol. The van der Waals surface area contributed by atoms with E-state index in [1.54, 1.807) is 7.11 Å². The Kier molecular flexibility index (Phi) is 4.36. The SMILES string of the molecule is COc1ccc2c(c1)nc(CCCl)n2CC1(SC)CCC1. The molecule has 1 aliphatic rings. The Morgan fingerprint density at radius 3 is 2.81 bits per heavy atom. The topological polar surface area (TPSA) is 27.1 Å². The van der Waals surface area contributed by atoms with Crippen molar-refractivity contribution in [3.8, 4) is 5.75 Å². The number of ether oxygens (including phenoxy) is 1. The summed E-state index contributed by atoms with van der Waals surface area (Å²) in [6, 6.07) is 6.14. The highest BCUT2D eigenvalue weighted by Crippen LogP contribution is 2.44. The first-order chi connectivity index (χ1) is 10.2. The van der Waals surface area contributed by atoms with E-state index < -0.39 is 0 Å². The second-order valence-corrected chi connectivity index (χ2v) is 7.30. The number of methoxy groups -OCH3 is 1. The molecule has 2 aromatic rings. The number of aromatic nitrogens is 2. The van der Waals surface area contributed by atoms with E-state index in [4.69, 9.17) is 21.3 Å². The third kappa shape index (κ3) is 2.76. The fraction of sp³-hybridized carbons (Fsp3) is 0.562. The monoisotopic (exact) mass is 324 g/mol. The van der Waals surface area contributed by atoms with Gasteiger partial charge in [0.25, 0.3) is 0 Å². The third-order valence-corrected chi connectivity index (χ3v) is 6.09. The molecule has 0 atom stereocenters. The van der Waals surface area contributed by atoms with E-state index in [-0.39, 0.29) is 0 Å². The smallest absolute Gasteiger partial charge is 0.121 e. The lowest BCUT2D eigenvalue weighted by Gasteiger charge is -2.41. The minimum Gasteiger partial charge on any atom is -0.497 e. The average Bonchev–Trinajstić information content (AvgIpc) is 2.79. The summed E-state index contributed by atoms with van der Waals surface area (Å²) in [4.78, 5) is 4.78. The van der Waals surface area contributed by atoms with Crippen molar-refractivity contribution in [1.29, 1.82) is 0 Å². The summed E-state index contributed by atoms with van der Waals surface area (Å²) in [7, 11) is 1.69. The molecule has 1 heterocycles. The molecule has 0 radical (unpaired) electrons. The Morgan fingerprint density at radius 1 is 1.43 bits per heavy atom. The van der Waals surface area contributed by atoms with E-state index in [0.717, 1.165) is 30.1 Å². The van der Waals surface area contributed by atoms with Crippen LogP contribution in [0.4, 0.5) is 0 Å². The molecule has 0 spiro atoms. The van der Waals surface area contributed by atoms with Crippen LogP contribution in [-0.2, 0) is 13.0 Å². The van der Waals surface area contributed by atoms with Crippen LogP contribution in [-0.4, -0.2) is 33.5 Å². The number of aryl methyl sites for hydroxylation is 1. The maximum absolute atomic E-state index is 5.96. The van der Waals surface area contributed by atoms with Gasteiger partial charge in [0.1, 0.15) is 11.6 Å². The van der Waals surface area contributed by atoms with E-state index in [0.29, 0.717) is 10.6 Å². The number of rotatable bonds is 6. The maximum Gasteiger partial charge on any atom is 0.121 e. The Hall–Kier alpha value is -0.870. The first kappa shape index (κ1) is 15.0. The van der Waals surface area contributed by atoms with Crippen LogP contribution in [0.1, 0.15) is 25.1 Å². The van der Waals surface area contributed by atoms with Gasteiger partial charge in [0.2, 0.25) is 0 Å². The Bertz CT molecular complexity index is 631. The molecular formula is C16H21ClN2OS. The van der Waals surface area contributed by atoms with Gasteiger partial charge in [-0.3, -0.25) is 0 Å². The van der Waals surface area contributed by atoms with Crippen molar-refractivity contribution in [3.05, 3.63) is 24.0 Å². The van der Waals surface area contributed by atoms with E-state index in [2.05, 4.69) is 16.9 Å². The summed E-state index contributed by atoms with van der Waals surface area (Å²) in [5.74, 6) is 2.55. The van der Waals surface area contributed by atoms with Gasteiger partial charge in [-0.1, -0.05) is 6.42 Å². The number of imidazole rings is 1. The first-order valence-corrected chi connectivity index (χ1v) is 9.11. The van der Waals surface area contributed by atoms with E-state index in [1.807, 2.05) is 23.9 Å². The number of benzene rings is 1. The van der Waals surface area contributed by atoms with Crippen LogP contribution in [0, 0.1) is 0 Å². The van der Waals surface area contributed by atoms with Gasteiger partial charge in [-0.2, -0.15) is 11.8 Å². The van der Waals surface area contributed by atoms with E-state index >= 15 is 0 Å². The molecule has 1 fully saturated rings. The molecule has 1 aromatic heterocycles. The fourth-order valence-corrected chi connectivity index (χ4v) is 4.15. The molecule has 1 aromatic carbocycles. The molecule has 0 unspecified atom stereocenters. The van der Waals surface area contributed by atoms with Crippen LogP contribution in [0.3, 0.4) is 0 Å². The number of hydrogen-bond donors (Lipinski definition) is 0.